The fourth-order valence-corrected chi connectivity index (χ4v) is 1.61. The van der Waals surface area contributed by atoms with Crippen LogP contribution >= 0.6 is 11.6 Å². The van der Waals surface area contributed by atoms with E-state index in [-0.39, 0.29) is 5.02 Å². The predicted molar refractivity (Wildman–Crippen MR) is 62.5 cm³/mol. The van der Waals surface area contributed by atoms with Gasteiger partial charge < -0.3 is 10.6 Å². The molecule has 0 radical (unpaired) electrons. The van der Waals surface area contributed by atoms with Crippen molar-refractivity contribution in [1.82, 2.24) is 10.6 Å². The number of rotatable bonds is 2. The maximum atomic E-state index is 12.6. The first-order chi connectivity index (χ1) is 8.25. The second-order valence-corrected chi connectivity index (χ2v) is 4.09. The Hall–Kier alpha value is -1.43. The zero-order valence-electron chi connectivity index (χ0n) is 9.73. The minimum atomic E-state index is -4.51. The van der Waals surface area contributed by atoms with Crippen molar-refractivity contribution in [2.75, 3.05) is 7.05 Å². The van der Waals surface area contributed by atoms with E-state index < -0.39 is 23.8 Å². The SMILES string of the molecule is CNC(=O)N[C@H](C)c1ccc(Cl)c(C(F)(F)F)c1. The van der Waals surface area contributed by atoms with Crippen LogP contribution in [0.4, 0.5) is 18.0 Å². The summed E-state index contributed by atoms with van der Waals surface area (Å²) in [5, 5.41) is 4.44. The lowest BCUT2D eigenvalue weighted by Crippen LogP contribution is -2.34. The van der Waals surface area contributed by atoms with Gasteiger partial charge in [-0.2, -0.15) is 13.2 Å². The Labute approximate surface area is 107 Å². The third-order valence-corrected chi connectivity index (χ3v) is 2.70. The third kappa shape index (κ3) is 3.53. The van der Waals surface area contributed by atoms with Crippen molar-refractivity contribution in [3.05, 3.63) is 34.3 Å². The number of carbonyl (C=O) groups excluding carboxylic acids is 1. The summed E-state index contributed by atoms with van der Waals surface area (Å²) in [6, 6.07) is 2.53. The molecule has 1 rings (SSSR count). The molecule has 0 heterocycles. The van der Waals surface area contributed by atoms with Gasteiger partial charge in [0.15, 0.2) is 0 Å². The van der Waals surface area contributed by atoms with E-state index in [4.69, 9.17) is 11.6 Å². The second-order valence-electron chi connectivity index (χ2n) is 3.68. The van der Waals surface area contributed by atoms with Gasteiger partial charge in [-0.1, -0.05) is 17.7 Å². The van der Waals surface area contributed by atoms with Gasteiger partial charge in [0, 0.05) is 7.05 Å². The summed E-state index contributed by atoms with van der Waals surface area (Å²) in [5.74, 6) is 0. The van der Waals surface area contributed by atoms with Crippen molar-refractivity contribution in [1.29, 1.82) is 0 Å². The summed E-state index contributed by atoms with van der Waals surface area (Å²) in [4.78, 5) is 11.1. The molecule has 0 saturated carbocycles. The van der Waals surface area contributed by atoms with Gasteiger partial charge in [0.1, 0.15) is 0 Å². The maximum Gasteiger partial charge on any atom is 0.417 e. The molecule has 0 aliphatic heterocycles. The number of nitrogens with one attached hydrogen (secondary N) is 2. The van der Waals surface area contributed by atoms with Gasteiger partial charge in [-0.3, -0.25) is 0 Å². The first kappa shape index (κ1) is 14.6. The van der Waals surface area contributed by atoms with E-state index in [0.29, 0.717) is 5.56 Å². The van der Waals surface area contributed by atoms with E-state index >= 15 is 0 Å². The minimum absolute atomic E-state index is 0.329. The lowest BCUT2D eigenvalue weighted by molar-refractivity contribution is -0.137. The fourth-order valence-electron chi connectivity index (χ4n) is 1.38. The highest BCUT2D eigenvalue weighted by Crippen LogP contribution is 2.36. The summed E-state index contributed by atoms with van der Waals surface area (Å²) >= 11 is 5.50. The van der Waals surface area contributed by atoms with E-state index in [1.807, 2.05) is 0 Å². The monoisotopic (exact) mass is 280 g/mol. The zero-order chi connectivity index (χ0) is 13.9. The molecule has 0 fully saturated rings. The molecule has 0 aliphatic rings. The van der Waals surface area contributed by atoms with Crippen LogP contribution in [0, 0.1) is 0 Å². The Morgan fingerprint density at radius 3 is 2.50 bits per heavy atom. The molecule has 0 aromatic heterocycles. The number of carbonyl (C=O) groups is 1. The summed E-state index contributed by atoms with van der Waals surface area (Å²) in [5.41, 5.74) is -0.581. The van der Waals surface area contributed by atoms with Crippen molar-refractivity contribution in [3.8, 4) is 0 Å². The quantitative estimate of drug-likeness (QED) is 0.857. The van der Waals surface area contributed by atoms with E-state index in [2.05, 4.69) is 10.6 Å². The molecular weight excluding hydrogens is 269 g/mol. The predicted octanol–water partition coefficient (Wildman–Crippen LogP) is 3.35. The van der Waals surface area contributed by atoms with Crippen LogP contribution in [-0.2, 0) is 6.18 Å². The largest absolute Gasteiger partial charge is 0.417 e. The van der Waals surface area contributed by atoms with Crippen molar-refractivity contribution in [2.24, 2.45) is 0 Å². The van der Waals surface area contributed by atoms with Gasteiger partial charge in [-0.25, -0.2) is 4.79 Å². The molecule has 0 unspecified atom stereocenters. The van der Waals surface area contributed by atoms with E-state index in [1.165, 1.54) is 19.2 Å². The van der Waals surface area contributed by atoms with Gasteiger partial charge >= 0.3 is 12.2 Å². The zero-order valence-corrected chi connectivity index (χ0v) is 10.5. The van der Waals surface area contributed by atoms with Crippen LogP contribution in [-0.4, -0.2) is 13.1 Å². The Kier molecular flexibility index (Phi) is 4.45. The average Bonchev–Trinajstić information content (AvgIpc) is 2.27. The molecule has 18 heavy (non-hydrogen) atoms. The molecule has 1 aromatic rings. The highest BCUT2D eigenvalue weighted by Gasteiger charge is 2.33. The van der Waals surface area contributed by atoms with Crippen molar-refractivity contribution in [2.45, 2.75) is 19.1 Å². The lowest BCUT2D eigenvalue weighted by atomic mass is 10.0. The number of halogens is 4. The smallest absolute Gasteiger partial charge is 0.341 e. The summed E-state index contributed by atoms with van der Waals surface area (Å²) < 4.78 is 37.9. The van der Waals surface area contributed by atoms with Crippen molar-refractivity contribution >= 4 is 17.6 Å². The van der Waals surface area contributed by atoms with E-state index in [1.54, 1.807) is 6.92 Å². The number of amides is 2. The number of alkyl halides is 3. The van der Waals surface area contributed by atoms with Gasteiger partial charge in [0.25, 0.3) is 0 Å². The Morgan fingerprint density at radius 1 is 1.39 bits per heavy atom. The second kappa shape index (κ2) is 5.48. The highest BCUT2D eigenvalue weighted by molar-refractivity contribution is 6.31. The van der Waals surface area contributed by atoms with Crippen LogP contribution in [0.1, 0.15) is 24.1 Å². The van der Waals surface area contributed by atoms with Crippen LogP contribution in [0.5, 0.6) is 0 Å². The molecule has 100 valence electrons. The molecule has 3 nitrogen and oxygen atoms in total. The van der Waals surface area contributed by atoms with Crippen LogP contribution in [0.2, 0.25) is 5.02 Å². The number of hydrogen-bond acceptors (Lipinski definition) is 1. The van der Waals surface area contributed by atoms with Crippen LogP contribution < -0.4 is 10.6 Å². The normalized spacial score (nSPS) is 13.0. The molecule has 0 aliphatic carbocycles. The first-order valence-corrected chi connectivity index (χ1v) is 5.48. The van der Waals surface area contributed by atoms with Gasteiger partial charge in [-0.05, 0) is 24.6 Å². The topological polar surface area (TPSA) is 41.1 Å². The molecule has 1 aromatic carbocycles. The van der Waals surface area contributed by atoms with E-state index in [0.717, 1.165) is 6.07 Å². The fraction of sp³-hybridized carbons (Fsp3) is 0.364. The molecule has 2 amide bonds. The lowest BCUT2D eigenvalue weighted by Gasteiger charge is -2.16. The molecule has 7 heteroatoms. The molecular formula is C11H12ClF3N2O. The van der Waals surface area contributed by atoms with Gasteiger partial charge in [0.05, 0.1) is 16.6 Å². The Balaban J connectivity index is 3.01. The maximum absolute atomic E-state index is 12.6. The minimum Gasteiger partial charge on any atom is -0.341 e. The van der Waals surface area contributed by atoms with Gasteiger partial charge in [0.2, 0.25) is 0 Å². The van der Waals surface area contributed by atoms with Crippen molar-refractivity contribution in [3.63, 3.8) is 0 Å². The summed E-state index contributed by atoms with van der Waals surface area (Å²) in [7, 11) is 1.42. The molecule has 2 N–H and O–H groups in total. The highest BCUT2D eigenvalue weighted by atomic mass is 35.5. The number of benzene rings is 1. The molecule has 0 spiro atoms. The van der Waals surface area contributed by atoms with E-state index in [9.17, 15) is 18.0 Å². The molecule has 0 saturated heterocycles. The third-order valence-electron chi connectivity index (χ3n) is 2.37. The van der Waals surface area contributed by atoms with Crippen LogP contribution in [0.15, 0.2) is 18.2 Å². The first-order valence-electron chi connectivity index (χ1n) is 5.10. The Morgan fingerprint density at radius 2 is 2.00 bits per heavy atom. The van der Waals surface area contributed by atoms with Gasteiger partial charge in [-0.15, -0.1) is 0 Å². The van der Waals surface area contributed by atoms with Crippen LogP contribution in [0.25, 0.3) is 0 Å². The summed E-state index contributed by atoms with van der Waals surface area (Å²) in [6.07, 6.45) is -4.51. The summed E-state index contributed by atoms with van der Waals surface area (Å²) in [6.45, 7) is 1.58. The Bertz CT molecular complexity index is 448. The number of hydrogen-bond donors (Lipinski definition) is 2. The number of urea groups is 1. The average molecular weight is 281 g/mol. The molecule has 0 bridgehead atoms. The van der Waals surface area contributed by atoms with Crippen LogP contribution in [0.3, 0.4) is 0 Å². The molecule has 1 atom stereocenters. The standard InChI is InChI=1S/C11H12ClF3N2O/c1-6(17-10(18)16-2)7-3-4-9(12)8(5-7)11(13,14)15/h3-6H,1-2H3,(H2,16,17,18)/t6-/m1/s1. The van der Waals surface area contributed by atoms with Crippen molar-refractivity contribution < 1.29 is 18.0 Å².